The lowest BCUT2D eigenvalue weighted by Gasteiger charge is -2.25. The molecular weight excluding hydrogens is 511 g/mol. The fourth-order valence-electron chi connectivity index (χ4n) is 3.73. The molecule has 9 heteroatoms. The van der Waals surface area contributed by atoms with Crippen LogP contribution in [-0.4, -0.2) is 36.7 Å². The highest BCUT2D eigenvalue weighted by Crippen LogP contribution is 2.32. The van der Waals surface area contributed by atoms with Crippen LogP contribution in [0.25, 0.3) is 11.1 Å². The number of nitrogens with one attached hydrogen (secondary N) is 1. The van der Waals surface area contributed by atoms with Gasteiger partial charge in [-0.2, -0.15) is 13.2 Å². The van der Waals surface area contributed by atoms with Gasteiger partial charge in [0.05, 0.1) is 18.7 Å². The lowest BCUT2D eigenvalue weighted by molar-refractivity contribution is -0.158. The van der Waals surface area contributed by atoms with Gasteiger partial charge in [-0.15, -0.1) is 0 Å². The van der Waals surface area contributed by atoms with Crippen molar-refractivity contribution in [3.8, 4) is 22.6 Å². The molecule has 0 spiro atoms. The van der Waals surface area contributed by atoms with E-state index in [9.17, 15) is 22.8 Å². The van der Waals surface area contributed by atoms with E-state index in [2.05, 4.69) is 5.32 Å². The first kappa shape index (κ1) is 29.5. The quantitative estimate of drug-likeness (QED) is 0.292. The lowest BCUT2D eigenvalue weighted by atomic mass is 10.0. The monoisotopic (exact) mass is 543 g/mol. The van der Waals surface area contributed by atoms with E-state index in [1.807, 2.05) is 6.92 Å². The van der Waals surface area contributed by atoms with Crippen molar-refractivity contribution in [1.29, 1.82) is 0 Å². The molecule has 0 aromatic heterocycles. The summed E-state index contributed by atoms with van der Waals surface area (Å²) in [7, 11) is 0. The Morgan fingerprint density at radius 2 is 1.64 bits per heavy atom. The maximum Gasteiger partial charge on any atom is 0.416 e. The number of carbonyl (C=O) groups is 2. The first-order valence-corrected chi connectivity index (χ1v) is 12.5. The number of carbonyl (C=O) groups excluding carboxylic acids is 2. The Hall–Kier alpha value is -4.01. The van der Waals surface area contributed by atoms with Crippen molar-refractivity contribution in [3.63, 3.8) is 0 Å². The van der Waals surface area contributed by atoms with Crippen molar-refractivity contribution >= 4 is 11.9 Å². The second kappa shape index (κ2) is 12.2. The van der Waals surface area contributed by atoms with E-state index in [0.717, 1.165) is 17.7 Å². The van der Waals surface area contributed by atoms with E-state index in [-0.39, 0.29) is 25.2 Å². The van der Waals surface area contributed by atoms with Crippen LogP contribution in [0.4, 0.5) is 13.2 Å². The predicted molar refractivity (Wildman–Crippen MR) is 142 cm³/mol. The van der Waals surface area contributed by atoms with Crippen molar-refractivity contribution in [2.45, 2.75) is 52.5 Å². The maximum atomic E-state index is 13.0. The number of benzene rings is 3. The summed E-state index contributed by atoms with van der Waals surface area (Å²) in [5.74, 6) is 0.303. The van der Waals surface area contributed by atoms with E-state index >= 15 is 0 Å². The number of esters is 1. The van der Waals surface area contributed by atoms with Crippen molar-refractivity contribution < 1.29 is 37.0 Å². The smallest absolute Gasteiger partial charge is 0.416 e. The normalized spacial score (nSPS) is 12.4. The van der Waals surface area contributed by atoms with Crippen LogP contribution in [0.5, 0.6) is 11.5 Å². The maximum absolute atomic E-state index is 13.0. The number of halogens is 3. The van der Waals surface area contributed by atoms with E-state index in [4.69, 9.17) is 14.2 Å². The van der Waals surface area contributed by atoms with Crippen LogP contribution in [0.3, 0.4) is 0 Å². The number of amides is 1. The molecule has 1 N–H and O–H groups in total. The fourth-order valence-corrected chi connectivity index (χ4v) is 3.73. The van der Waals surface area contributed by atoms with Crippen LogP contribution in [0.15, 0.2) is 66.7 Å². The molecule has 0 heterocycles. The molecule has 0 saturated heterocycles. The SMILES string of the molecule is CCOC(=O)C(C)(C)Oc1ccc(OC(C)CNC(=O)c2ccc(-c3cccc(C(F)(F)F)c3)cc2)cc1C. The van der Waals surface area contributed by atoms with Crippen molar-refractivity contribution in [3.05, 3.63) is 83.4 Å². The molecule has 0 aliphatic rings. The van der Waals surface area contributed by atoms with Gasteiger partial charge in [0.15, 0.2) is 5.60 Å². The third-order valence-corrected chi connectivity index (χ3v) is 5.84. The zero-order valence-electron chi connectivity index (χ0n) is 22.5. The summed E-state index contributed by atoms with van der Waals surface area (Å²) >= 11 is 0. The van der Waals surface area contributed by atoms with Gasteiger partial charge in [-0.1, -0.05) is 24.3 Å². The van der Waals surface area contributed by atoms with Gasteiger partial charge in [0, 0.05) is 5.56 Å². The molecule has 1 amide bonds. The summed E-state index contributed by atoms with van der Waals surface area (Å²) in [5, 5.41) is 2.80. The van der Waals surface area contributed by atoms with Crippen molar-refractivity contribution in [1.82, 2.24) is 5.32 Å². The Bertz CT molecular complexity index is 1300. The highest BCUT2D eigenvalue weighted by atomic mass is 19.4. The summed E-state index contributed by atoms with van der Waals surface area (Å²) in [6, 6.07) is 16.6. The average Bonchev–Trinajstić information content (AvgIpc) is 2.88. The predicted octanol–water partition coefficient (Wildman–Crippen LogP) is 6.60. The van der Waals surface area contributed by atoms with Gasteiger partial charge >= 0.3 is 12.1 Å². The number of hydrogen-bond donors (Lipinski definition) is 1. The number of ether oxygens (including phenoxy) is 3. The van der Waals surface area contributed by atoms with Crippen LogP contribution < -0.4 is 14.8 Å². The van der Waals surface area contributed by atoms with Crippen LogP contribution in [-0.2, 0) is 15.7 Å². The number of hydrogen-bond acceptors (Lipinski definition) is 5. The van der Waals surface area contributed by atoms with Gasteiger partial charge < -0.3 is 19.5 Å². The second-order valence-electron chi connectivity index (χ2n) is 9.55. The lowest BCUT2D eigenvalue weighted by Crippen LogP contribution is -2.39. The molecule has 208 valence electrons. The molecule has 6 nitrogen and oxygen atoms in total. The minimum atomic E-state index is -4.43. The first-order valence-electron chi connectivity index (χ1n) is 12.5. The van der Waals surface area contributed by atoms with E-state index in [1.165, 1.54) is 6.07 Å². The summed E-state index contributed by atoms with van der Waals surface area (Å²) < 4.78 is 55.8. The third kappa shape index (κ3) is 7.99. The Labute approximate surface area is 226 Å². The van der Waals surface area contributed by atoms with Crippen LogP contribution in [0, 0.1) is 6.92 Å². The number of alkyl halides is 3. The third-order valence-electron chi connectivity index (χ3n) is 5.84. The second-order valence-corrected chi connectivity index (χ2v) is 9.55. The molecule has 0 saturated carbocycles. The summed E-state index contributed by atoms with van der Waals surface area (Å²) in [4.78, 5) is 24.7. The molecule has 0 bridgehead atoms. The van der Waals surface area contributed by atoms with Crippen LogP contribution in [0.2, 0.25) is 0 Å². The largest absolute Gasteiger partial charge is 0.489 e. The molecule has 1 unspecified atom stereocenters. The summed E-state index contributed by atoms with van der Waals surface area (Å²) in [6.07, 6.45) is -4.79. The minimum absolute atomic E-state index is 0.224. The van der Waals surface area contributed by atoms with Gasteiger partial charge in [0.25, 0.3) is 5.91 Å². The Morgan fingerprint density at radius 3 is 2.26 bits per heavy atom. The molecule has 39 heavy (non-hydrogen) atoms. The summed E-state index contributed by atoms with van der Waals surface area (Å²) in [6.45, 7) is 9.13. The van der Waals surface area contributed by atoms with E-state index < -0.39 is 23.3 Å². The summed E-state index contributed by atoms with van der Waals surface area (Å²) in [5.41, 5.74) is 0.249. The van der Waals surface area contributed by atoms with Crippen molar-refractivity contribution in [2.24, 2.45) is 0 Å². The standard InChI is InChI=1S/C30H32F3NO5/c1-6-37-28(36)29(4,5)39-26-15-14-25(16-19(26)2)38-20(3)18-34-27(35)22-12-10-21(11-13-22)23-8-7-9-24(17-23)30(31,32)33/h7-17,20H,6,18H2,1-5H3,(H,34,35). The van der Waals surface area contributed by atoms with Crippen molar-refractivity contribution in [2.75, 3.05) is 13.2 Å². The molecule has 0 radical (unpaired) electrons. The molecule has 3 aromatic carbocycles. The Balaban J connectivity index is 1.55. The van der Waals surface area contributed by atoms with Gasteiger partial charge in [0.2, 0.25) is 0 Å². The zero-order valence-corrected chi connectivity index (χ0v) is 22.5. The van der Waals surface area contributed by atoms with E-state index in [0.29, 0.717) is 28.2 Å². The highest BCUT2D eigenvalue weighted by molar-refractivity contribution is 5.94. The molecule has 1 atom stereocenters. The van der Waals surface area contributed by atoms with Gasteiger partial charge in [-0.3, -0.25) is 4.79 Å². The molecular formula is C30H32F3NO5. The van der Waals surface area contributed by atoms with E-state index in [1.54, 1.807) is 76.2 Å². The van der Waals surface area contributed by atoms with Gasteiger partial charge in [-0.05, 0) is 93.8 Å². The Morgan fingerprint density at radius 1 is 0.949 bits per heavy atom. The molecule has 3 aromatic rings. The topological polar surface area (TPSA) is 73.9 Å². The van der Waals surface area contributed by atoms with Crippen LogP contribution >= 0.6 is 0 Å². The zero-order chi connectivity index (χ0) is 28.8. The average molecular weight is 544 g/mol. The minimum Gasteiger partial charge on any atom is -0.489 e. The number of rotatable bonds is 10. The molecule has 3 rings (SSSR count). The highest BCUT2D eigenvalue weighted by Gasteiger charge is 2.32. The number of aryl methyl sites for hydroxylation is 1. The van der Waals surface area contributed by atoms with Gasteiger partial charge in [0.1, 0.15) is 17.6 Å². The molecule has 0 aliphatic carbocycles. The Kier molecular flexibility index (Phi) is 9.27. The van der Waals surface area contributed by atoms with Crippen LogP contribution in [0.1, 0.15) is 49.2 Å². The molecule has 0 fully saturated rings. The first-order chi connectivity index (χ1) is 18.3. The fraction of sp³-hybridized carbons (Fsp3) is 0.333. The van der Waals surface area contributed by atoms with Gasteiger partial charge in [-0.25, -0.2) is 4.79 Å². The molecule has 0 aliphatic heterocycles.